The van der Waals surface area contributed by atoms with Crippen LogP contribution in [0, 0.1) is 5.92 Å². The normalized spacial score (nSPS) is 30.6. The number of nitrogens with two attached hydrogens (primary N) is 1. The molecular formula is C13H25N3O3S. The number of sulfonamides is 1. The Morgan fingerprint density at radius 3 is 2.65 bits per heavy atom. The van der Waals surface area contributed by atoms with Gasteiger partial charge in [-0.1, -0.05) is 6.92 Å². The van der Waals surface area contributed by atoms with Crippen molar-refractivity contribution in [3.8, 4) is 0 Å². The highest BCUT2D eigenvalue weighted by atomic mass is 32.2. The summed E-state index contributed by atoms with van der Waals surface area (Å²) in [5, 5.41) is 0. The SMILES string of the molecule is C[C@H]1CCCN(C(=O)CCN2CCCS2(=O)=O)[C@H]1CN. The minimum Gasteiger partial charge on any atom is -0.338 e. The van der Waals surface area contributed by atoms with Gasteiger partial charge < -0.3 is 10.6 Å². The van der Waals surface area contributed by atoms with Gasteiger partial charge in [0.2, 0.25) is 15.9 Å². The van der Waals surface area contributed by atoms with Gasteiger partial charge in [0.15, 0.2) is 0 Å². The van der Waals surface area contributed by atoms with Crippen LogP contribution >= 0.6 is 0 Å². The Balaban J connectivity index is 1.91. The van der Waals surface area contributed by atoms with Crippen LogP contribution in [-0.4, -0.2) is 61.5 Å². The van der Waals surface area contributed by atoms with Crippen LogP contribution in [0.3, 0.4) is 0 Å². The molecule has 0 aromatic rings. The molecule has 2 saturated heterocycles. The summed E-state index contributed by atoms with van der Waals surface area (Å²) in [5.74, 6) is 0.676. The van der Waals surface area contributed by atoms with Crippen molar-refractivity contribution in [3.05, 3.63) is 0 Å². The molecule has 116 valence electrons. The van der Waals surface area contributed by atoms with Gasteiger partial charge in [-0.15, -0.1) is 0 Å². The Morgan fingerprint density at radius 1 is 1.30 bits per heavy atom. The molecule has 2 N–H and O–H groups in total. The monoisotopic (exact) mass is 303 g/mol. The molecule has 20 heavy (non-hydrogen) atoms. The van der Waals surface area contributed by atoms with E-state index in [1.807, 2.05) is 4.90 Å². The van der Waals surface area contributed by atoms with Crippen LogP contribution in [0.1, 0.15) is 32.6 Å². The Morgan fingerprint density at radius 2 is 2.05 bits per heavy atom. The van der Waals surface area contributed by atoms with Crippen molar-refractivity contribution < 1.29 is 13.2 Å². The number of likely N-dealkylation sites (tertiary alicyclic amines) is 1. The fourth-order valence-electron chi connectivity index (χ4n) is 3.22. The minimum atomic E-state index is -3.11. The number of hydrogen-bond donors (Lipinski definition) is 1. The molecular weight excluding hydrogens is 278 g/mol. The predicted octanol–water partition coefficient (Wildman–Crippen LogP) is -0.00220. The third-order valence-corrected chi connectivity index (χ3v) is 6.41. The second kappa shape index (κ2) is 6.41. The second-order valence-electron chi connectivity index (χ2n) is 5.83. The number of carbonyl (C=O) groups excluding carboxylic acids is 1. The maximum atomic E-state index is 12.3. The number of nitrogens with zero attached hydrogens (tertiary/aromatic N) is 2. The molecule has 0 bridgehead atoms. The van der Waals surface area contributed by atoms with Gasteiger partial charge in [-0.2, -0.15) is 0 Å². The number of rotatable bonds is 4. The van der Waals surface area contributed by atoms with Crippen molar-refractivity contribution >= 4 is 15.9 Å². The van der Waals surface area contributed by atoms with Crippen molar-refractivity contribution in [2.24, 2.45) is 11.7 Å². The fraction of sp³-hybridized carbons (Fsp3) is 0.923. The van der Waals surface area contributed by atoms with E-state index >= 15 is 0 Å². The number of amides is 1. The van der Waals surface area contributed by atoms with E-state index in [9.17, 15) is 13.2 Å². The van der Waals surface area contributed by atoms with Crippen molar-refractivity contribution in [3.63, 3.8) is 0 Å². The van der Waals surface area contributed by atoms with Gasteiger partial charge >= 0.3 is 0 Å². The van der Waals surface area contributed by atoms with E-state index in [0.717, 1.165) is 19.4 Å². The topological polar surface area (TPSA) is 83.7 Å². The van der Waals surface area contributed by atoms with Crippen LogP contribution in [0.2, 0.25) is 0 Å². The van der Waals surface area contributed by atoms with Gasteiger partial charge in [0.1, 0.15) is 0 Å². The first-order valence-electron chi connectivity index (χ1n) is 7.43. The molecule has 7 heteroatoms. The first-order chi connectivity index (χ1) is 9.45. The smallest absolute Gasteiger partial charge is 0.224 e. The van der Waals surface area contributed by atoms with Gasteiger partial charge in [-0.3, -0.25) is 4.79 Å². The molecule has 0 aromatic heterocycles. The molecule has 0 aromatic carbocycles. The summed E-state index contributed by atoms with van der Waals surface area (Å²) in [7, 11) is -3.11. The zero-order valence-corrected chi connectivity index (χ0v) is 12.9. The largest absolute Gasteiger partial charge is 0.338 e. The molecule has 6 nitrogen and oxygen atoms in total. The standard InChI is InChI=1S/C13H25N3O3S/c1-11-4-2-7-16(12(11)10-14)13(17)5-8-15-6-3-9-20(15,18)19/h11-12H,2-10,14H2,1H3/t11-,12-/m0/s1. The average Bonchev–Trinajstić information content (AvgIpc) is 2.74. The Labute approximate surface area is 121 Å². The first kappa shape index (κ1) is 15.7. The average molecular weight is 303 g/mol. The maximum Gasteiger partial charge on any atom is 0.224 e. The van der Waals surface area contributed by atoms with Gasteiger partial charge in [-0.05, 0) is 25.2 Å². The minimum absolute atomic E-state index is 0.0362. The summed E-state index contributed by atoms with van der Waals surface area (Å²) in [5.41, 5.74) is 5.78. The Kier molecular flexibility index (Phi) is 5.04. The Bertz CT molecular complexity index is 452. The highest BCUT2D eigenvalue weighted by Crippen LogP contribution is 2.23. The number of piperidine rings is 1. The number of hydrogen-bond acceptors (Lipinski definition) is 4. The lowest BCUT2D eigenvalue weighted by Gasteiger charge is -2.39. The van der Waals surface area contributed by atoms with Gasteiger partial charge in [0, 0.05) is 38.6 Å². The third-order valence-electron chi connectivity index (χ3n) is 4.46. The van der Waals surface area contributed by atoms with Crippen molar-refractivity contribution in [1.29, 1.82) is 0 Å². The van der Waals surface area contributed by atoms with Crippen LogP contribution in [0.15, 0.2) is 0 Å². The van der Waals surface area contributed by atoms with Crippen LogP contribution < -0.4 is 5.73 Å². The lowest BCUT2D eigenvalue weighted by molar-refractivity contribution is -0.136. The van der Waals surface area contributed by atoms with E-state index in [-0.39, 0.29) is 24.1 Å². The molecule has 2 aliphatic rings. The first-order valence-corrected chi connectivity index (χ1v) is 9.04. The highest BCUT2D eigenvalue weighted by Gasteiger charge is 2.32. The molecule has 2 rings (SSSR count). The van der Waals surface area contributed by atoms with Crippen LogP contribution in [0.4, 0.5) is 0 Å². The summed E-state index contributed by atoms with van der Waals surface area (Å²) < 4.78 is 24.8. The molecule has 0 spiro atoms. The summed E-state index contributed by atoms with van der Waals surface area (Å²) >= 11 is 0. The summed E-state index contributed by atoms with van der Waals surface area (Å²) in [4.78, 5) is 14.2. The third kappa shape index (κ3) is 3.32. The molecule has 2 heterocycles. The summed E-state index contributed by atoms with van der Waals surface area (Å²) in [6.07, 6.45) is 3.04. The van der Waals surface area contributed by atoms with Crippen molar-refractivity contribution in [2.45, 2.75) is 38.6 Å². The molecule has 0 saturated carbocycles. The van der Waals surface area contributed by atoms with Crippen LogP contribution in [0.25, 0.3) is 0 Å². The molecule has 1 amide bonds. The highest BCUT2D eigenvalue weighted by molar-refractivity contribution is 7.89. The van der Waals surface area contributed by atoms with Crippen molar-refractivity contribution in [2.75, 3.05) is 31.9 Å². The van der Waals surface area contributed by atoms with E-state index < -0.39 is 10.0 Å². The second-order valence-corrected chi connectivity index (χ2v) is 7.92. The van der Waals surface area contributed by atoms with Crippen molar-refractivity contribution in [1.82, 2.24) is 9.21 Å². The van der Waals surface area contributed by atoms with E-state index in [1.165, 1.54) is 4.31 Å². The lowest BCUT2D eigenvalue weighted by atomic mass is 9.90. The molecule has 0 unspecified atom stereocenters. The molecule has 0 radical (unpaired) electrons. The van der Waals surface area contributed by atoms with E-state index in [1.54, 1.807) is 0 Å². The molecule has 2 atom stereocenters. The van der Waals surface area contributed by atoms with Gasteiger partial charge in [0.05, 0.1) is 5.75 Å². The fourth-order valence-corrected chi connectivity index (χ4v) is 4.75. The molecule has 2 fully saturated rings. The van der Waals surface area contributed by atoms with Crippen LogP contribution in [-0.2, 0) is 14.8 Å². The van der Waals surface area contributed by atoms with E-state index in [4.69, 9.17) is 5.73 Å². The number of carbonyl (C=O) groups is 1. The molecule has 0 aliphatic carbocycles. The maximum absolute atomic E-state index is 12.3. The molecule has 2 aliphatic heterocycles. The van der Waals surface area contributed by atoms with E-state index in [0.29, 0.717) is 32.0 Å². The lowest BCUT2D eigenvalue weighted by Crippen LogP contribution is -2.51. The summed E-state index contributed by atoms with van der Waals surface area (Å²) in [6.45, 7) is 4.21. The zero-order valence-electron chi connectivity index (χ0n) is 12.1. The van der Waals surface area contributed by atoms with Gasteiger partial charge in [-0.25, -0.2) is 12.7 Å². The quantitative estimate of drug-likeness (QED) is 0.792. The van der Waals surface area contributed by atoms with Crippen LogP contribution in [0.5, 0.6) is 0 Å². The Hall–Kier alpha value is -0.660. The summed E-state index contributed by atoms with van der Waals surface area (Å²) in [6, 6.07) is 0.103. The predicted molar refractivity (Wildman–Crippen MR) is 77.5 cm³/mol. The van der Waals surface area contributed by atoms with E-state index in [2.05, 4.69) is 6.92 Å². The zero-order chi connectivity index (χ0) is 14.8. The van der Waals surface area contributed by atoms with Gasteiger partial charge in [0.25, 0.3) is 0 Å².